The highest BCUT2D eigenvalue weighted by Gasteiger charge is 2.24. The Morgan fingerprint density at radius 3 is 2.56 bits per heavy atom. The number of ether oxygens (including phenoxy) is 1. The molecular weight excluding hydrogens is 200 g/mol. The highest BCUT2D eigenvalue weighted by Crippen LogP contribution is 2.22. The van der Waals surface area contributed by atoms with Gasteiger partial charge in [0.15, 0.2) is 0 Å². The third kappa shape index (κ3) is 3.80. The molecule has 16 heavy (non-hydrogen) atoms. The lowest BCUT2D eigenvalue weighted by Gasteiger charge is -2.26. The summed E-state index contributed by atoms with van der Waals surface area (Å²) in [5.41, 5.74) is 0.808. The lowest BCUT2D eigenvalue weighted by Crippen LogP contribution is -2.31. The standard InChI is InChI=1S/C14H20O2/c1-4-14(2,3)13(15)11-16-10-12-8-6-5-7-9-12/h4-9,13,15H,1,10-11H2,2-3H3. The Balaban J connectivity index is 2.34. The molecule has 1 unspecified atom stereocenters. The molecule has 2 nitrogen and oxygen atoms in total. The lowest BCUT2D eigenvalue weighted by atomic mass is 9.87. The van der Waals surface area contributed by atoms with E-state index in [1.165, 1.54) is 0 Å². The molecule has 1 N–H and O–H groups in total. The second kappa shape index (κ2) is 5.83. The van der Waals surface area contributed by atoms with Gasteiger partial charge in [-0.2, -0.15) is 0 Å². The van der Waals surface area contributed by atoms with Crippen LogP contribution in [0.3, 0.4) is 0 Å². The summed E-state index contributed by atoms with van der Waals surface area (Å²) in [6.07, 6.45) is 1.23. The zero-order valence-electron chi connectivity index (χ0n) is 10.0. The number of aliphatic hydroxyl groups excluding tert-OH is 1. The Bertz CT molecular complexity index is 317. The smallest absolute Gasteiger partial charge is 0.0858 e. The molecule has 1 aromatic rings. The summed E-state index contributed by atoms with van der Waals surface area (Å²) in [4.78, 5) is 0. The molecule has 0 fully saturated rings. The molecule has 1 rings (SSSR count). The van der Waals surface area contributed by atoms with Crippen LogP contribution in [0.1, 0.15) is 19.4 Å². The SMILES string of the molecule is C=CC(C)(C)C(O)COCc1ccccc1. The van der Waals surface area contributed by atoms with E-state index in [0.717, 1.165) is 5.56 Å². The molecule has 0 bridgehead atoms. The number of rotatable bonds is 6. The Hall–Kier alpha value is -1.12. The van der Waals surface area contributed by atoms with Crippen molar-refractivity contribution in [3.8, 4) is 0 Å². The van der Waals surface area contributed by atoms with E-state index in [2.05, 4.69) is 6.58 Å². The van der Waals surface area contributed by atoms with Crippen molar-refractivity contribution in [2.75, 3.05) is 6.61 Å². The van der Waals surface area contributed by atoms with Gasteiger partial charge in [-0.05, 0) is 5.56 Å². The number of aliphatic hydroxyl groups is 1. The molecule has 0 saturated heterocycles. The summed E-state index contributed by atoms with van der Waals surface area (Å²) in [5, 5.41) is 9.86. The predicted octanol–water partition coefficient (Wildman–Crippen LogP) is 2.78. The van der Waals surface area contributed by atoms with Gasteiger partial charge in [0.1, 0.15) is 0 Å². The van der Waals surface area contributed by atoms with Crippen molar-refractivity contribution in [3.63, 3.8) is 0 Å². The van der Waals surface area contributed by atoms with Crippen LogP contribution >= 0.6 is 0 Å². The van der Waals surface area contributed by atoms with Gasteiger partial charge in [-0.25, -0.2) is 0 Å². The molecule has 0 spiro atoms. The van der Waals surface area contributed by atoms with Crippen LogP contribution in [-0.4, -0.2) is 17.8 Å². The molecule has 88 valence electrons. The fourth-order valence-corrected chi connectivity index (χ4v) is 1.21. The van der Waals surface area contributed by atoms with Gasteiger partial charge >= 0.3 is 0 Å². The zero-order valence-corrected chi connectivity index (χ0v) is 10.0. The first-order chi connectivity index (χ1) is 7.56. The van der Waals surface area contributed by atoms with E-state index in [4.69, 9.17) is 4.74 Å². The van der Waals surface area contributed by atoms with Gasteiger partial charge in [0, 0.05) is 5.41 Å². The summed E-state index contributed by atoms with van der Waals surface area (Å²) >= 11 is 0. The Kier molecular flexibility index (Phi) is 4.71. The van der Waals surface area contributed by atoms with Gasteiger partial charge in [0.25, 0.3) is 0 Å². The van der Waals surface area contributed by atoms with Crippen LogP contribution in [0.4, 0.5) is 0 Å². The Labute approximate surface area is 97.6 Å². The van der Waals surface area contributed by atoms with E-state index in [9.17, 15) is 5.11 Å². The van der Waals surface area contributed by atoms with Gasteiger partial charge in [-0.1, -0.05) is 50.3 Å². The molecule has 0 aromatic heterocycles. The molecule has 0 amide bonds. The maximum Gasteiger partial charge on any atom is 0.0858 e. The molecule has 0 heterocycles. The first kappa shape index (κ1) is 12.9. The fourth-order valence-electron chi connectivity index (χ4n) is 1.21. The van der Waals surface area contributed by atoms with E-state index in [1.807, 2.05) is 44.2 Å². The largest absolute Gasteiger partial charge is 0.390 e. The average Bonchev–Trinajstić information content (AvgIpc) is 2.30. The van der Waals surface area contributed by atoms with Crippen LogP contribution in [0, 0.1) is 5.41 Å². The van der Waals surface area contributed by atoms with Crippen molar-refractivity contribution in [2.24, 2.45) is 5.41 Å². The average molecular weight is 220 g/mol. The van der Waals surface area contributed by atoms with Crippen LogP contribution < -0.4 is 0 Å². The van der Waals surface area contributed by atoms with Gasteiger partial charge in [-0.3, -0.25) is 0 Å². The quantitative estimate of drug-likeness (QED) is 0.747. The maximum absolute atomic E-state index is 9.86. The van der Waals surface area contributed by atoms with Crippen molar-refractivity contribution in [1.82, 2.24) is 0 Å². The van der Waals surface area contributed by atoms with Crippen molar-refractivity contribution in [2.45, 2.75) is 26.6 Å². The van der Waals surface area contributed by atoms with Crippen molar-refractivity contribution in [1.29, 1.82) is 0 Å². The summed E-state index contributed by atoms with van der Waals surface area (Å²) in [6.45, 7) is 8.45. The predicted molar refractivity (Wildman–Crippen MR) is 66.1 cm³/mol. The van der Waals surface area contributed by atoms with Crippen LogP contribution in [0.5, 0.6) is 0 Å². The minimum Gasteiger partial charge on any atom is -0.390 e. The topological polar surface area (TPSA) is 29.5 Å². The molecule has 1 aromatic carbocycles. The van der Waals surface area contributed by atoms with Crippen LogP contribution in [-0.2, 0) is 11.3 Å². The van der Waals surface area contributed by atoms with E-state index in [0.29, 0.717) is 13.2 Å². The van der Waals surface area contributed by atoms with E-state index in [-0.39, 0.29) is 5.41 Å². The van der Waals surface area contributed by atoms with Gasteiger partial charge in [0.05, 0.1) is 19.3 Å². The summed E-state index contributed by atoms with van der Waals surface area (Å²) in [7, 11) is 0. The molecule has 2 heteroatoms. The lowest BCUT2D eigenvalue weighted by molar-refractivity contribution is -0.0158. The number of hydrogen-bond donors (Lipinski definition) is 1. The highest BCUT2D eigenvalue weighted by atomic mass is 16.5. The molecule has 1 atom stereocenters. The van der Waals surface area contributed by atoms with Crippen molar-refractivity contribution < 1.29 is 9.84 Å². The number of hydrogen-bond acceptors (Lipinski definition) is 2. The van der Waals surface area contributed by atoms with Crippen LogP contribution in [0.25, 0.3) is 0 Å². The normalized spacial score (nSPS) is 13.4. The highest BCUT2D eigenvalue weighted by molar-refractivity contribution is 5.13. The van der Waals surface area contributed by atoms with Gasteiger partial charge in [-0.15, -0.1) is 6.58 Å². The van der Waals surface area contributed by atoms with Crippen molar-refractivity contribution in [3.05, 3.63) is 48.6 Å². The minimum absolute atomic E-state index is 0.309. The van der Waals surface area contributed by atoms with E-state index in [1.54, 1.807) is 6.08 Å². The third-order valence-electron chi connectivity index (χ3n) is 2.77. The Morgan fingerprint density at radius 2 is 2.00 bits per heavy atom. The van der Waals surface area contributed by atoms with Crippen LogP contribution in [0.2, 0.25) is 0 Å². The molecule has 0 aliphatic rings. The van der Waals surface area contributed by atoms with Crippen LogP contribution in [0.15, 0.2) is 43.0 Å². The fraction of sp³-hybridized carbons (Fsp3) is 0.429. The Morgan fingerprint density at radius 1 is 1.38 bits per heavy atom. The molecule has 0 saturated carbocycles. The number of benzene rings is 1. The monoisotopic (exact) mass is 220 g/mol. The first-order valence-corrected chi connectivity index (χ1v) is 5.49. The second-order valence-corrected chi connectivity index (χ2v) is 4.54. The van der Waals surface area contributed by atoms with E-state index < -0.39 is 6.10 Å². The van der Waals surface area contributed by atoms with Gasteiger partial charge in [0.2, 0.25) is 0 Å². The third-order valence-corrected chi connectivity index (χ3v) is 2.77. The molecule has 0 radical (unpaired) electrons. The zero-order chi connectivity index (χ0) is 12.0. The van der Waals surface area contributed by atoms with E-state index >= 15 is 0 Å². The summed E-state index contributed by atoms with van der Waals surface area (Å²) in [5.74, 6) is 0. The van der Waals surface area contributed by atoms with Crippen molar-refractivity contribution >= 4 is 0 Å². The molecule has 0 aliphatic carbocycles. The molecule has 0 aliphatic heterocycles. The minimum atomic E-state index is -0.520. The first-order valence-electron chi connectivity index (χ1n) is 5.49. The summed E-state index contributed by atoms with van der Waals surface area (Å²) < 4.78 is 5.47. The molecular formula is C14H20O2. The second-order valence-electron chi connectivity index (χ2n) is 4.54. The summed E-state index contributed by atoms with van der Waals surface area (Å²) in [6, 6.07) is 9.93. The van der Waals surface area contributed by atoms with Gasteiger partial charge < -0.3 is 9.84 Å². The maximum atomic E-state index is 9.86.